The van der Waals surface area contributed by atoms with E-state index in [-0.39, 0.29) is 5.91 Å². The second kappa shape index (κ2) is 6.77. The van der Waals surface area contributed by atoms with Crippen molar-refractivity contribution in [3.05, 3.63) is 28.2 Å². The van der Waals surface area contributed by atoms with Gasteiger partial charge in [-0.15, -0.1) is 0 Å². The molecule has 0 spiro atoms. The predicted molar refractivity (Wildman–Crippen MR) is 75.3 cm³/mol. The Morgan fingerprint density at radius 1 is 1.41 bits per heavy atom. The molecule has 0 atom stereocenters. The van der Waals surface area contributed by atoms with Gasteiger partial charge in [-0.1, -0.05) is 35.8 Å². The van der Waals surface area contributed by atoms with Crippen LogP contribution in [0.15, 0.2) is 22.7 Å². The topological polar surface area (TPSA) is 41.1 Å². The molecule has 1 aromatic carbocycles. The van der Waals surface area contributed by atoms with Crippen molar-refractivity contribution in [1.29, 1.82) is 0 Å². The van der Waals surface area contributed by atoms with E-state index < -0.39 is 0 Å². The average Bonchev–Trinajstić information content (AvgIpc) is 2.23. The van der Waals surface area contributed by atoms with Gasteiger partial charge in [-0.05, 0) is 24.6 Å². The fourth-order valence-corrected chi connectivity index (χ4v) is 1.75. The van der Waals surface area contributed by atoms with Crippen molar-refractivity contribution >= 4 is 27.5 Å². The third-order valence-corrected chi connectivity index (χ3v) is 3.21. The van der Waals surface area contributed by atoms with E-state index in [1.54, 1.807) is 0 Å². The van der Waals surface area contributed by atoms with Gasteiger partial charge in [0, 0.05) is 29.2 Å². The molecular formula is C13H19BrN2O. The molecule has 0 aliphatic heterocycles. The lowest BCUT2D eigenvalue weighted by Crippen LogP contribution is -2.27. The van der Waals surface area contributed by atoms with Crippen LogP contribution < -0.4 is 10.6 Å². The lowest BCUT2D eigenvalue weighted by molar-refractivity contribution is -0.116. The number of benzene rings is 1. The maximum atomic E-state index is 11.6. The molecule has 0 saturated carbocycles. The van der Waals surface area contributed by atoms with Gasteiger partial charge in [0.05, 0.1) is 0 Å². The third-order valence-electron chi connectivity index (χ3n) is 2.36. The SMILES string of the molecule is Cc1ccc(NC(=O)CCNC(C)C)cc1Br. The lowest BCUT2D eigenvalue weighted by atomic mass is 10.2. The van der Waals surface area contributed by atoms with Crippen LogP contribution in [0.5, 0.6) is 0 Å². The molecule has 0 fully saturated rings. The fraction of sp³-hybridized carbons (Fsp3) is 0.462. The number of halogens is 1. The first-order chi connectivity index (χ1) is 7.99. The van der Waals surface area contributed by atoms with Crippen LogP contribution in [-0.4, -0.2) is 18.5 Å². The molecule has 0 aliphatic rings. The van der Waals surface area contributed by atoms with E-state index in [0.29, 0.717) is 19.0 Å². The summed E-state index contributed by atoms with van der Waals surface area (Å²) >= 11 is 3.44. The second-order valence-electron chi connectivity index (χ2n) is 4.37. The van der Waals surface area contributed by atoms with Gasteiger partial charge in [0.25, 0.3) is 0 Å². The summed E-state index contributed by atoms with van der Waals surface area (Å²) in [6.07, 6.45) is 0.490. The first-order valence-corrected chi connectivity index (χ1v) is 6.57. The summed E-state index contributed by atoms with van der Waals surface area (Å²) in [5.41, 5.74) is 1.99. The van der Waals surface area contributed by atoms with Crippen molar-refractivity contribution in [2.24, 2.45) is 0 Å². The summed E-state index contributed by atoms with van der Waals surface area (Å²) < 4.78 is 1.01. The summed E-state index contributed by atoms with van der Waals surface area (Å²) in [5.74, 6) is 0.0360. The van der Waals surface area contributed by atoms with Gasteiger partial charge in [0.2, 0.25) is 5.91 Å². The Morgan fingerprint density at radius 2 is 2.12 bits per heavy atom. The minimum atomic E-state index is 0.0360. The van der Waals surface area contributed by atoms with Crippen molar-refractivity contribution < 1.29 is 4.79 Å². The van der Waals surface area contributed by atoms with E-state index in [2.05, 4.69) is 40.4 Å². The summed E-state index contributed by atoms with van der Waals surface area (Å²) in [6.45, 7) is 6.85. The third kappa shape index (κ3) is 5.33. The summed E-state index contributed by atoms with van der Waals surface area (Å²) in [6, 6.07) is 6.22. The van der Waals surface area contributed by atoms with Crippen molar-refractivity contribution in [3.63, 3.8) is 0 Å². The molecule has 0 radical (unpaired) electrons. The van der Waals surface area contributed by atoms with E-state index in [0.717, 1.165) is 15.7 Å². The normalized spacial score (nSPS) is 10.6. The van der Waals surface area contributed by atoms with Crippen LogP contribution >= 0.6 is 15.9 Å². The number of anilines is 1. The Morgan fingerprint density at radius 3 is 2.71 bits per heavy atom. The molecule has 3 nitrogen and oxygen atoms in total. The van der Waals surface area contributed by atoms with E-state index >= 15 is 0 Å². The molecule has 0 aliphatic carbocycles. The smallest absolute Gasteiger partial charge is 0.225 e. The van der Waals surface area contributed by atoms with Crippen LogP contribution in [0.4, 0.5) is 5.69 Å². The zero-order chi connectivity index (χ0) is 12.8. The molecule has 4 heteroatoms. The fourth-order valence-electron chi connectivity index (χ4n) is 1.37. The van der Waals surface area contributed by atoms with Crippen molar-refractivity contribution in [2.75, 3.05) is 11.9 Å². The summed E-state index contributed by atoms with van der Waals surface area (Å²) in [4.78, 5) is 11.6. The highest BCUT2D eigenvalue weighted by atomic mass is 79.9. The standard InChI is InChI=1S/C13H19BrN2O/c1-9(2)15-7-6-13(17)16-11-5-4-10(3)12(14)8-11/h4-5,8-9,15H,6-7H2,1-3H3,(H,16,17). The largest absolute Gasteiger partial charge is 0.326 e. The average molecular weight is 299 g/mol. The first-order valence-electron chi connectivity index (χ1n) is 5.78. The Bertz CT molecular complexity index is 391. The van der Waals surface area contributed by atoms with Gasteiger partial charge in [0.15, 0.2) is 0 Å². The molecule has 0 saturated heterocycles. The van der Waals surface area contributed by atoms with Crippen LogP contribution in [0.3, 0.4) is 0 Å². The van der Waals surface area contributed by atoms with Crippen LogP contribution in [0.25, 0.3) is 0 Å². The van der Waals surface area contributed by atoms with Gasteiger partial charge in [0.1, 0.15) is 0 Å². The van der Waals surface area contributed by atoms with Crippen molar-refractivity contribution in [2.45, 2.75) is 33.2 Å². The van der Waals surface area contributed by atoms with E-state index in [1.807, 2.05) is 25.1 Å². The number of hydrogen-bond acceptors (Lipinski definition) is 2. The number of rotatable bonds is 5. The molecule has 1 amide bonds. The molecule has 1 aromatic rings. The summed E-state index contributed by atoms with van der Waals surface area (Å²) in [5, 5.41) is 6.09. The maximum absolute atomic E-state index is 11.6. The van der Waals surface area contributed by atoms with Gasteiger partial charge in [-0.3, -0.25) is 4.79 Å². The number of hydrogen-bond donors (Lipinski definition) is 2. The number of carbonyl (C=O) groups is 1. The van der Waals surface area contributed by atoms with Crippen LogP contribution in [0.2, 0.25) is 0 Å². The number of carbonyl (C=O) groups excluding carboxylic acids is 1. The molecule has 94 valence electrons. The summed E-state index contributed by atoms with van der Waals surface area (Å²) in [7, 11) is 0. The predicted octanol–water partition coefficient (Wildman–Crippen LogP) is 3.08. The molecule has 0 aromatic heterocycles. The number of nitrogens with one attached hydrogen (secondary N) is 2. The molecule has 0 unspecified atom stereocenters. The zero-order valence-corrected chi connectivity index (χ0v) is 12.1. The highest BCUT2D eigenvalue weighted by Gasteiger charge is 2.03. The van der Waals surface area contributed by atoms with Gasteiger partial charge >= 0.3 is 0 Å². The Hall–Kier alpha value is -0.870. The number of aryl methyl sites for hydroxylation is 1. The molecule has 0 heterocycles. The molecule has 0 bridgehead atoms. The van der Waals surface area contributed by atoms with E-state index in [9.17, 15) is 4.79 Å². The van der Waals surface area contributed by atoms with Crippen molar-refractivity contribution in [3.8, 4) is 0 Å². The monoisotopic (exact) mass is 298 g/mol. The van der Waals surface area contributed by atoms with Crippen LogP contribution in [-0.2, 0) is 4.79 Å². The highest BCUT2D eigenvalue weighted by molar-refractivity contribution is 9.10. The molecule has 17 heavy (non-hydrogen) atoms. The van der Waals surface area contributed by atoms with Gasteiger partial charge < -0.3 is 10.6 Å². The van der Waals surface area contributed by atoms with E-state index in [1.165, 1.54) is 0 Å². The Kier molecular flexibility index (Phi) is 5.65. The Balaban J connectivity index is 2.42. The molecule has 1 rings (SSSR count). The Labute approximate surface area is 111 Å². The van der Waals surface area contributed by atoms with E-state index in [4.69, 9.17) is 0 Å². The minimum Gasteiger partial charge on any atom is -0.326 e. The number of amides is 1. The quantitative estimate of drug-likeness (QED) is 0.877. The lowest BCUT2D eigenvalue weighted by Gasteiger charge is -2.09. The zero-order valence-electron chi connectivity index (χ0n) is 10.5. The first kappa shape index (κ1) is 14.2. The second-order valence-corrected chi connectivity index (χ2v) is 5.23. The van der Waals surface area contributed by atoms with Crippen molar-refractivity contribution in [1.82, 2.24) is 5.32 Å². The van der Waals surface area contributed by atoms with Crippen LogP contribution in [0.1, 0.15) is 25.8 Å². The van der Waals surface area contributed by atoms with Gasteiger partial charge in [-0.2, -0.15) is 0 Å². The minimum absolute atomic E-state index is 0.0360. The highest BCUT2D eigenvalue weighted by Crippen LogP contribution is 2.20. The van der Waals surface area contributed by atoms with Gasteiger partial charge in [-0.25, -0.2) is 0 Å². The molecular weight excluding hydrogens is 280 g/mol. The molecule has 2 N–H and O–H groups in total. The maximum Gasteiger partial charge on any atom is 0.225 e. The van der Waals surface area contributed by atoms with Crippen LogP contribution in [0, 0.1) is 6.92 Å².